The Morgan fingerprint density at radius 3 is 2.45 bits per heavy atom. The summed E-state index contributed by atoms with van der Waals surface area (Å²) in [7, 11) is 0. The van der Waals surface area contributed by atoms with Gasteiger partial charge < -0.3 is 5.73 Å². The van der Waals surface area contributed by atoms with Crippen molar-refractivity contribution >= 4 is 0 Å². The van der Waals surface area contributed by atoms with E-state index in [2.05, 4.69) is 42.8 Å². The van der Waals surface area contributed by atoms with Crippen molar-refractivity contribution in [2.24, 2.45) is 11.7 Å². The fraction of sp³-hybridized carbons (Fsp3) is 0.706. The van der Waals surface area contributed by atoms with Crippen molar-refractivity contribution in [2.45, 2.75) is 64.6 Å². The lowest BCUT2D eigenvalue weighted by Gasteiger charge is -2.36. The van der Waals surface area contributed by atoms with Gasteiger partial charge in [0.25, 0.3) is 0 Å². The summed E-state index contributed by atoms with van der Waals surface area (Å²) in [6.07, 6.45) is 8.69. The van der Waals surface area contributed by atoms with E-state index in [1.807, 2.05) is 12.4 Å². The molecule has 3 nitrogen and oxygen atoms in total. The van der Waals surface area contributed by atoms with Crippen LogP contribution in [-0.4, -0.2) is 28.5 Å². The minimum Gasteiger partial charge on any atom is -0.326 e. The highest BCUT2D eigenvalue weighted by Gasteiger charge is 2.36. The van der Waals surface area contributed by atoms with Gasteiger partial charge in [-0.05, 0) is 55.8 Å². The summed E-state index contributed by atoms with van der Waals surface area (Å²) in [4.78, 5) is 6.80. The van der Waals surface area contributed by atoms with Gasteiger partial charge in [0, 0.05) is 24.5 Å². The molecule has 1 aliphatic rings. The van der Waals surface area contributed by atoms with Crippen LogP contribution in [-0.2, 0) is 0 Å². The first-order valence-electron chi connectivity index (χ1n) is 8.04. The Hall–Kier alpha value is -0.930. The molecule has 1 fully saturated rings. The molecule has 1 saturated carbocycles. The number of pyridine rings is 1. The van der Waals surface area contributed by atoms with E-state index in [4.69, 9.17) is 5.73 Å². The molecule has 0 spiro atoms. The van der Waals surface area contributed by atoms with Crippen LogP contribution in [0.25, 0.3) is 0 Å². The zero-order valence-corrected chi connectivity index (χ0v) is 13.1. The normalized spacial score (nSPS) is 18.5. The minimum absolute atomic E-state index is 0.199. The highest BCUT2D eigenvalue weighted by molar-refractivity contribution is 5.18. The summed E-state index contributed by atoms with van der Waals surface area (Å²) in [5.74, 6) is 0.743. The predicted octanol–water partition coefficient (Wildman–Crippen LogP) is 3.37. The molecule has 0 aliphatic heterocycles. The van der Waals surface area contributed by atoms with Crippen LogP contribution >= 0.6 is 0 Å². The first-order valence-corrected chi connectivity index (χ1v) is 8.04. The van der Waals surface area contributed by atoms with Crippen LogP contribution in [0.4, 0.5) is 0 Å². The zero-order valence-electron chi connectivity index (χ0n) is 13.1. The fourth-order valence-electron chi connectivity index (χ4n) is 2.83. The van der Waals surface area contributed by atoms with Gasteiger partial charge in [-0.25, -0.2) is 0 Å². The van der Waals surface area contributed by atoms with E-state index in [1.165, 1.54) is 24.8 Å². The second-order valence-corrected chi connectivity index (χ2v) is 6.45. The van der Waals surface area contributed by atoms with Gasteiger partial charge in [-0.15, -0.1) is 0 Å². The Kier molecular flexibility index (Phi) is 5.55. The van der Waals surface area contributed by atoms with Crippen molar-refractivity contribution in [3.8, 4) is 0 Å². The molecule has 20 heavy (non-hydrogen) atoms. The molecule has 2 N–H and O–H groups in total. The van der Waals surface area contributed by atoms with Crippen molar-refractivity contribution in [3.05, 3.63) is 30.1 Å². The van der Waals surface area contributed by atoms with Crippen LogP contribution in [0.5, 0.6) is 0 Å². The summed E-state index contributed by atoms with van der Waals surface area (Å²) in [6, 6.07) is 5.54. The van der Waals surface area contributed by atoms with Crippen LogP contribution in [0.2, 0.25) is 0 Å². The molecule has 2 rings (SSSR count). The maximum atomic E-state index is 6.46. The lowest BCUT2D eigenvalue weighted by molar-refractivity contribution is 0.151. The summed E-state index contributed by atoms with van der Waals surface area (Å²) in [5.41, 5.74) is 7.78. The monoisotopic (exact) mass is 275 g/mol. The van der Waals surface area contributed by atoms with Gasteiger partial charge in [-0.2, -0.15) is 0 Å². The Labute approximate surface area is 123 Å². The topological polar surface area (TPSA) is 42.1 Å². The molecule has 0 aromatic carbocycles. The quantitative estimate of drug-likeness (QED) is 0.791. The molecule has 2 atom stereocenters. The molecule has 112 valence electrons. The summed E-state index contributed by atoms with van der Waals surface area (Å²) in [6.45, 7) is 7.94. The van der Waals surface area contributed by atoms with E-state index < -0.39 is 0 Å². The number of nitrogens with two attached hydrogens (primary N) is 1. The first kappa shape index (κ1) is 15.5. The van der Waals surface area contributed by atoms with Crippen molar-refractivity contribution in [1.29, 1.82) is 0 Å². The van der Waals surface area contributed by atoms with Crippen LogP contribution in [0.15, 0.2) is 24.5 Å². The molecule has 0 amide bonds. The molecule has 0 saturated heterocycles. The Morgan fingerprint density at radius 1 is 1.30 bits per heavy atom. The van der Waals surface area contributed by atoms with Crippen molar-refractivity contribution in [3.63, 3.8) is 0 Å². The Morgan fingerprint density at radius 2 is 1.95 bits per heavy atom. The lowest BCUT2D eigenvalue weighted by Crippen LogP contribution is -2.42. The maximum Gasteiger partial charge on any atom is 0.0503 e. The predicted molar refractivity (Wildman–Crippen MR) is 84.4 cm³/mol. The third kappa shape index (κ3) is 4.03. The molecule has 1 aromatic rings. The molecule has 2 unspecified atom stereocenters. The lowest BCUT2D eigenvalue weighted by atomic mass is 9.96. The van der Waals surface area contributed by atoms with Gasteiger partial charge in [0.15, 0.2) is 0 Å². The number of hydrogen-bond donors (Lipinski definition) is 1. The van der Waals surface area contributed by atoms with Crippen LogP contribution in [0.1, 0.15) is 58.1 Å². The van der Waals surface area contributed by atoms with E-state index in [0.717, 1.165) is 24.9 Å². The molecule has 1 aliphatic carbocycles. The van der Waals surface area contributed by atoms with Gasteiger partial charge in [-0.1, -0.05) is 20.8 Å². The van der Waals surface area contributed by atoms with E-state index in [-0.39, 0.29) is 6.04 Å². The zero-order chi connectivity index (χ0) is 14.5. The summed E-state index contributed by atoms with van der Waals surface area (Å²) in [5, 5.41) is 0. The van der Waals surface area contributed by atoms with Crippen LogP contribution in [0, 0.1) is 5.92 Å². The van der Waals surface area contributed by atoms with Gasteiger partial charge in [0.2, 0.25) is 0 Å². The first-order chi connectivity index (χ1) is 9.63. The van der Waals surface area contributed by atoms with E-state index in [1.54, 1.807) is 0 Å². The van der Waals surface area contributed by atoms with Crippen molar-refractivity contribution in [2.75, 3.05) is 6.54 Å². The minimum atomic E-state index is 0.199. The van der Waals surface area contributed by atoms with Crippen molar-refractivity contribution in [1.82, 2.24) is 9.88 Å². The van der Waals surface area contributed by atoms with Gasteiger partial charge in [-0.3, -0.25) is 9.88 Å². The number of hydrogen-bond acceptors (Lipinski definition) is 3. The Balaban J connectivity index is 2.18. The Bertz CT molecular complexity index is 386. The third-order valence-corrected chi connectivity index (χ3v) is 4.26. The van der Waals surface area contributed by atoms with Crippen LogP contribution < -0.4 is 5.73 Å². The highest BCUT2D eigenvalue weighted by atomic mass is 15.2. The second kappa shape index (κ2) is 7.19. The molecule has 1 heterocycles. The van der Waals surface area contributed by atoms with Crippen molar-refractivity contribution < 1.29 is 0 Å². The average Bonchev–Trinajstić information content (AvgIpc) is 3.28. The second-order valence-electron chi connectivity index (χ2n) is 6.45. The molecule has 1 aromatic heterocycles. The summed E-state index contributed by atoms with van der Waals surface area (Å²) >= 11 is 0. The van der Waals surface area contributed by atoms with Crippen LogP contribution in [0.3, 0.4) is 0 Å². The smallest absolute Gasteiger partial charge is 0.0503 e. The number of aromatic nitrogens is 1. The standard InChI is InChI=1S/C17H29N3/c1-4-16(18)17(14-7-10-19-11-8-14)20(15-5-6-15)12-9-13(2)3/h7-8,10-11,13,15-17H,4-6,9,12,18H2,1-3H3. The number of nitrogens with zero attached hydrogens (tertiary/aromatic N) is 2. The SMILES string of the molecule is CCC(N)C(c1ccncc1)N(CCC(C)C)C1CC1. The molecular formula is C17H29N3. The van der Waals surface area contributed by atoms with Gasteiger partial charge in [0.05, 0.1) is 6.04 Å². The van der Waals surface area contributed by atoms with E-state index >= 15 is 0 Å². The number of rotatable bonds is 8. The van der Waals surface area contributed by atoms with E-state index in [9.17, 15) is 0 Å². The van der Waals surface area contributed by atoms with Gasteiger partial charge in [0.1, 0.15) is 0 Å². The molecule has 3 heteroatoms. The van der Waals surface area contributed by atoms with E-state index in [0.29, 0.717) is 6.04 Å². The summed E-state index contributed by atoms with van der Waals surface area (Å²) < 4.78 is 0. The van der Waals surface area contributed by atoms with Gasteiger partial charge >= 0.3 is 0 Å². The fourth-order valence-corrected chi connectivity index (χ4v) is 2.83. The molecular weight excluding hydrogens is 246 g/mol. The molecule has 0 radical (unpaired) electrons. The third-order valence-electron chi connectivity index (χ3n) is 4.26. The average molecular weight is 275 g/mol. The maximum absolute atomic E-state index is 6.46. The molecule has 0 bridgehead atoms. The largest absolute Gasteiger partial charge is 0.326 e. The highest BCUT2D eigenvalue weighted by Crippen LogP contribution is 2.36.